The molecule has 0 saturated carbocycles. The van der Waals surface area contributed by atoms with E-state index in [9.17, 15) is 19.1 Å². The Morgan fingerprint density at radius 3 is 2.29 bits per heavy atom. The highest BCUT2D eigenvalue weighted by Crippen LogP contribution is 2.48. The number of amides is 1. The van der Waals surface area contributed by atoms with E-state index in [1.54, 1.807) is 12.1 Å². The van der Waals surface area contributed by atoms with E-state index in [0.717, 1.165) is 11.1 Å². The van der Waals surface area contributed by atoms with Gasteiger partial charge in [-0.15, -0.1) is 0 Å². The summed E-state index contributed by atoms with van der Waals surface area (Å²) in [5.74, 6) is -0.955. The normalized spacial score (nSPS) is 19.9. The Bertz CT molecular complexity index is 1070. The Balaban J connectivity index is 1.57. The summed E-state index contributed by atoms with van der Waals surface area (Å²) in [5.41, 5.74) is 1.44. The monoisotopic (exact) mass is 419 g/mol. The van der Waals surface area contributed by atoms with Crippen LogP contribution in [0.25, 0.3) is 0 Å². The van der Waals surface area contributed by atoms with Gasteiger partial charge in [0.1, 0.15) is 18.2 Å². The van der Waals surface area contributed by atoms with Crippen LogP contribution in [0, 0.1) is 5.82 Å². The number of hydrogen-bond donors (Lipinski definition) is 2. The zero-order valence-corrected chi connectivity index (χ0v) is 16.8. The maximum Gasteiger partial charge on any atom is 0.303 e. The number of rotatable bonds is 8. The average molecular weight is 419 g/mol. The van der Waals surface area contributed by atoms with E-state index in [2.05, 4.69) is 5.32 Å². The van der Waals surface area contributed by atoms with Crippen molar-refractivity contribution >= 4 is 11.9 Å². The first kappa shape index (κ1) is 20.6. The lowest BCUT2D eigenvalue weighted by Crippen LogP contribution is -2.64. The predicted molar refractivity (Wildman–Crippen MR) is 113 cm³/mol. The van der Waals surface area contributed by atoms with Crippen molar-refractivity contribution in [1.82, 2.24) is 5.32 Å². The van der Waals surface area contributed by atoms with Crippen molar-refractivity contribution < 1.29 is 23.8 Å². The Labute approximate surface area is 179 Å². The summed E-state index contributed by atoms with van der Waals surface area (Å²) in [6.45, 7) is 0.443. The van der Waals surface area contributed by atoms with Crippen LogP contribution >= 0.6 is 0 Å². The molecule has 1 aliphatic rings. The van der Waals surface area contributed by atoms with E-state index < -0.39 is 23.2 Å². The molecular formula is C25H22FNO4. The zero-order valence-electron chi connectivity index (χ0n) is 16.8. The van der Waals surface area contributed by atoms with Gasteiger partial charge in [-0.1, -0.05) is 54.6 Å². The second-order valence-electron chi connectivity index (χ2n) is 7.62. The van der Waals surface area contributed by atoms with Crippen LogP contribution in [0.2, 0.25) is 0 Å². The average Bonchev–Trinajstić information content (AvgIpc) is 2.78. The van der Waals surface area contributed by atoms with E-state index in [-0.39, 0.29) is 18.7 Å². The molecule has 1 amide bonds. The number of benzene rings is 3. The van der Waals surface area contributed by atoms with Crippen LogP contribution in [0.15, 0.2) is 78.9 Å². The quantitative estimate of drug-likeness (QED) is 0.532. The van der Waals surface area contributed by atoms with Crippen molar-refractivity contribution in [2.75, 3.05) is 0 Å². The molecule has 3 aromatic carbocycles. The molecule has 31 heavy (non-hydrogen) atoms. The molecule has 0 bridgehead atoms. The van der Waals surface area contributed by atoms with Crippen LogP contribution in [0.4, 0.5) is 4.39 Å². The SMILES string of the molecule is O=C(O)CC[C@]1(c2ccc(F)cc2)C(=O)N[C@H]1c1ccc(OCc2ccccc2)cc1. The molecule has 2 N–H and O–H groups in total. The fourth-order valence-corrected chi connectivity index (χ4v) is 4.05. The second-order valence-corrected chi connectivity index (χ2v) is 7.62. The topological polar surface area (TPSA) is 75.6 Å². The third kappa shape index (κ3) is 4.14. The molecule has 4 rings (SSSR count). The van der Waals surface area contributed by atoms with Gasteiger partial charge in [-0.05, 0) is 47.4 Å². The summed E-state index contributed by atoms with van der Waals surface area (Å²) >= 11 is 0. The maximum absolute atomic E-state index is 13.5. The third-order valence-corrected chi connectivity index (χ3v) is 5.73. The van der Waals surface area contributed by atoms with Crippen molar-refractivity contribution in [1.29, 1.82) is 0 Å². The number of hydrogen-bond acceptors (Lipinski definition) is 3. The lowest BCUT2D eigenvalue weighted by atomic mass is 9.63. The fourth-order valence-electron chi connectivity index (χ4n) is 4.05. The molecule has 0 unspecified atom stereocenters. The number of halogens is 1. The molecular weight excluding hydrogens is 397 g/mol. The van der Waals surface area contributed by atoms with Crippen LogP contribution in [0.5, 0.6) is 5.75 Å². The van der Waals surface area contributed by atoms with Gasteiger partial charge in [0.05, 0.1) is 11.5 Å². The van der Waals surface area contributed by atoms with Crippen molar-refractivity contribution in [3.05, 3.63) is 101 Å². The Kier molecular flexibility index (Phi) is 5.71. The van der Waals surface area contributed by atoms with E-state index in [1.165, 1.54) is 12.1 Å². The molecule has 1 saturated heterocycles. The third-order valence-electron chi connectivity index (χ3n) is 5.73. The Morgan fingerprint density at radius 1 is 1.00 bits per heavy atom. The van der Waals surface area contributed by atoms with Crippen molar-refractivity contribution in [2.24, 2.45) is 0 Å². The van der Waals surface area contributed by atoms with E-state index in [0.29, 0.717) is 17.9 Å². The number of aliphatic carboxylic acids is 1. The minimum absolute atomic E-state index is 0.122. The van der Waals surface area contributed by atoms with Gasteiger partial charge in [-0.25, -0.2) is 4.39 Å². The van der Waals surface area contributed by atoms with Crippen molar-refractivity contribution in [3.8, 4) is 5.75 Å². The maximum atomic E-state index is 13.5. The highest BCUT2D eigenvalue weighted by atomic mass is 19.1. The molecule has 0 spiro atoms. The minimum atomic E-state index is -1.06. The number of nitrogens with one attached hydrogen (secondary N) is 1. The summed E-state index contributed by atoms with van der Waals surface area (Å²) < 4.78 is 19.3. The van der Waals surface area contributed by atoms with Crippen molar-refractivity contribution in [2.45, 2.75) is 30.9 Å². The summed E-state index contributed by atoms with van der Waals surface area (Å²) in [4.78, 5) is 24.0. The summed E-state index contributed by atoms with van der Waals surface area (Å²) in [7, 11) is 0. The smallest absolute Gasteiger partial charge is 0.303 e. The molecule has 1 fully saturated rings. The van der Waals surface area contributed by atoms with Gasteiger partial charge in [0, 0.05) is 6.42 Å². The predicted octanol–water partition coefficient (Wildman–Crippen LogP) is 4.38. The first-order valence-electron chi connectivity index (χ1n) is 10.0. The number of ether oxygens (including phenoxy) is 1. The number of carboxylic acid groups (broad SMARTS) is 1. The molecule has 5 nitrogen and oxygen atoms in total. The van der Waals surface area contributed by atoms with Crippen LogP contribution in [-0.2, 0) is 21.6 Å². The molecule has 1 aliphatic heterocycles. The number of carbonyl (C=O) groups excluding carboxylic acids is 1. The molecule has 0 radical (unpaired) electrons. The zero-order chi connectivity index (χ0) is 21.8. The van der Waals surface area contributed by atoms with Crippen LogP contribution in [0.3, 0.4) is 0 Å². The van der Waals surface area contributed by atoms with Gasteiger partial charge in [-0.3, -0.25) is 9.59 Å². The van der Waals surface area contributed by atoms with Crippen LogP contribution in [-0.4, -0.2) is 17.0 Å². The molecule has 158 valence electrons. The standard InChI is InChI=1S/C25H22FNO4/c26-20-10-8-19(9-11-20)25(15-14-22(28)29)23(27-24(25)30)18-6-12-21(13-7-18)31-16-17-4-2-1-3-5-17/h1-13,23H,14-16H2,(H,27,30)(H,28,29)/t23-,25+/m0/s1. The van der Waals surface area contributed by atoms with Gasteiger partial charge >= 0.3 is 5.97 Å². The highest BCUT2D eigenvalue weighted by molar-refractivity contribution is 5.96. The van der Waals surface area contributed by atoms with Gasteiger partial charge in [0.15, 0.2) is 0 Å². The van der Waals surface area contributed by atoms with E-state index in [1.807, 2.05) is 54.6 Å². The van der Waals surface area contributed by atoms with Gasteiger partial charge in [0.25, 0.3) is 0 Å². The number of carbonyl (C=O) groups is 2. The minimum Gasteiger partial charge on any atom is -0.489 e. The van der Waals surface area contributed by atoms with Crippen LogP contribution < -0.4 is 10.1 Å². The van der Waals surface area contributed by atoms with Crippen LogP contribution in [0.1, 0.15) is 35.6 Å². The lowest BCUT2D eigenvalue weighted by molar-refractivity contribution is -0.142. The van der Waals surface area contributed by atoms with Gasteiger partial charge < -0.3 is 15.2 Å². The molecule has 1 heterocycles. The lowest BCUT2D eigenvalue weighted by Gasteiger charge is -2.49. The molecule has 0 aliphatic carbocycles. The Hall–Kier alpha value is -3.67. The first-order valence-corrected chi connectivity index (χ1v) is 10.0. The second kappa shape index (κ2) is 8.60. The largest absolute Gasteiger partial charge is 0.489 e. The first-order chi connectivity index (χ1) is 15.0. The highest BCUT2D eigenvalue weighted by Gasteiger charge is 2.56. The van der Waals surface area contributed by atoms with E-state index >= 15 is 0 Å². The van der Waals surface area contributed by atoms with Gasteiger partial charge in [-0.2, -0.15) is 0 Å². The summed E-state index contributed by atoms with van der Waals surface area (Å²) in [5, 5.41) is 12.1. The number of carboxylic acids is 1. The van der Waals surface area contributed by atoms with Gasteiger partial charge in [0.2, 0.25) is 5.91 Å². The summed E-state index contributed by atoms with van der Waals surface area (Å²) in [6.07, 6.45) is -0.0453. The van der Waals surface area contributed by atoms with Crippen molar-refractivity contribution in [3.63, 3.8) is 0 Å². The molecule has 6 heteroatoms. The number of β-lactam (4-membered cyclic amide) rings is 1. The molecule has 2 atom stereocenters. The summed E-state index contributed by atoms with van der Waals surface area (Å²) in [6, 6.07) is 22.5. The molecule has 3 aromatic rings. The van der Waals surface area contributed by atoms with E-state index in [4.69, 9.17) is 4.74 Å². The Morgan fingerprint density at radius 2 is 1.68 bits per heavy atom. The molecule has 0 aromatic heterocycles. The fraction of sp³-hybridized carbons (Fsp3) is 0.200.